The van der Waals surface area contributed by atoms with Crippen molar-refractivity contribution in [2.75, 3.05) is 6.54 Å². The molecule has 2 nitrogen and oxygen atoms in total. The summed E-state index contributed by atoms with van der Waals surface area (Å²) in [6, 6.07) is 10.8. The molecule has 0 bridgehead atoms. The lowest BCUT2D eigenvalue weighted by Gasteiger charge is -2.14. The van der Waals surface area contributed by atoms with E-state index in [1.54, 1.807) is 0 Å². The number of hydrogen-bond donors (Lipinski definition) is 1. The van der Waals surface area contributed by atoms with Gasteiger partial charge in [-0.15, -0.1) is 0 Å². The first-order chi connectivity index (χ1) is 9.60. The van der Waals surface area contributed by atoms with Crippen LogP contribution in [0.3, 0.4) is 0 Å². The maximum atomic E-state index is 13.3. The molecule has 2 N–H and O–H groups in total. The Balaban J connectivity index is 2.18. The minimum atomic E-state index is -0.273. The molecule has 0 saturated carbocycles. The van der Waals surface area contributed by atoms with E-state index in [2.05, 4.69) is 15.9 Å². The molecular formula is C16H17BrFNO. The predicted molar refractivity (Wildman–Crippen MR) is 82.4 cm³/mol. The second-order valence-electron chi connectivity index (χ2n) is 4.67. The molecule has 2 aromatic rings. The number of halogens is 2. The van der Waals surface area contributed by atoms with E-state index in [4.69, 9.17) is 10.5 Å². The highest BCUT2D eigenvalue weighted by atomic mass is 79.9. The van der Waals surface area contributed by atoms with Crippen LogP contribution in [0.4, 0.5) is 4.39 Å². The molecule has 0 aliphatic heterocycles. The summed E-state index contributed by atoms with van der Waals surface area (Å²) in [5, 5.41) is 0. The van der Waals surface area contributed by atoms with Gasteiger partial charge in [0.15, 0.2) is 0 Å². The van der Waals surface area contributed by atoms with E-state index < -0.39 is 0 Å². The Morgan fingerprint density at radius 2 is 2.05 bits per heavy atom. The monoisotopic (exact) mass is 337 g/mol. The molecule has 106 valence electrons. The summed E-state index contributed by atoms with van der Waals surface area (Å²) in [6.45, 7) is 2.90. The van der Waals surface area contributed by atoms with Crippen molar-refractivity contribution in [3.8, 4) is 5.75 Å². The minimum absolute atomic E-state index is 0.273. The Morgan fingerprint density at radius 1 is 1.25 bits per heavy atom. The molecule has 0 aliphatic carbocycles. The van der Waals surface area contributed by atoms with Crippen LogP contribution in [0.15, 0.2) is 40.9 Å². The first-order valence-corrected chi connectivity index (χ1v) is 7.26. The van der Waals surface area contributed by atoms with Crippen LogP contribution >= 0.6 is 15.9 Å². The van der Waals surface area contributed by atoms with Gasteiger partial charge in [0.2, 0.25) is 0 Å². The topological polar surface area (TPSA) is 35.2 Å². The van der Waals surface area contributed by atoms with Crippen LogP contribution in [-0.2, 0) is 13.0 Å². The molecular weight excluding hydrogens is 321 g/mol. The molecule has 2 rings (SSSR count). The third-order valence-corrected chi connectivity index (χ3v) is 3.47. The first-order valence-electron chi connectivity index (χ1n) is 6.46. The van der Waals surface area contributed by atoms with Crippen LogP contribution in [0, 0.1) is 12.7 Å². The van der Waals surface area contributed by atoms with E-state index >= 15 is 0 Å². The molecule has 2 aromatic carbocycles. The van der Waals surface area contributed by atoms with E-state index in [1.165, 1.54) is 12.1 Å². The van der Waals surface area contributed by atoms with Gasteiger partial charge < -0.3 is 10.5 Å². The summed E-state index contributed by atoms with van der Waals surface area (Å²) in [7, 11) is 0. The number of aryl methyl sites for hydroxylation is 1. The molecule has 0 saturated heterocycles. The number of nitrogens with two attached hydrogens (primary N) is 1. The number of rotatable bonds is 5. The average Bonchev–Trinajstić information content (AvgIpc) is 2.37. The zero-order valence-electron chi connectivity index (χ0n) is 11.3. The van der Waals surface area contributed by atoms with Gasteiger partial charge in [0.1, 0.15) is 18.2 Å². The van der Waals surface area contributed by atoms with Gasteiger partial charge in [-0.2, -0.15) is 0 Å². The molecule has 0 aromatic heterocycles. The Morgan fingerprint density at radius 3 is 2.75 bits per heavy atom. The molecule has 0 spiro atoms. The first kappa shape index (κ1) is 15.0. The summed E-state index contributed by atoms with van der Waals surface area (Å²) in [4.78, 5) is 0. The van der Waals surface area contributed by atoms with Crippen LogP contribution in [-0.4, -0.2) is 6.54 Å². The standard InChI is InChI=1S/C16H17BrFNO/c1-11-3-2-4-13(5-6-19)16(11)20-10-12-7-14(17)9-15(18)8-12/h2-4,7-9H,5-6,10,19H2,1H3. The molecule has 0 amide bonds. The van der Waals surface area contributed by atoms with E-state index in [1.807, 2.05) is 31.2 Å². The molecule has 0 unspecified atom stereocenters. The van der Waals surface area contributed by atoms with Crippen LogP contribution in [0.25, 0.3) is 0 Å². The van der Waals surface area contributed by atoms with Gasteiger partial charge >= 0.3 is 0 Å². The number of hydrogen-bond acceptors (Lipinski definition) is 2. The lowest BCUT2D eigenvalue weighted by Crippen LogP contribution is -2.06. The normalized spacial score (nSPS) is 10.6. The molecule has 0 aliphatic rings. The Bertz CT molecular complexity index is 581. The second-order valence-corrected chi connectivity index (χ2v) is 5.58. The molecule has 0 fully saturated rings. The second kappa shape index (κ2) is 6.86. The van der Waals surface area contributed by atoms with Crippen molar-refractivity contribution in [2.45, 2.75) is 20.0 Å². The quantitative estimate of drug-likeness (QED) is 0.895. The average molecular weight is 338 g/mol. The van der Waals surface area contributed by atoms with E-state index in [0.29, 0.717) is 17.6 Å². The smallest absolute Gasteiger partial charge is 0.125 e. The number of ether oxygens (including phenoxy) is 1. The summed E-state index contributed by atoms with van der Waals surface area (Å²) < 4.78 is 19.9. The SMILES string of the molecule is Cc1cccc(CCN)c1OCc1cc(F)cc(Br)c1. The fraction of sp³-hybridized carbons (Fsp3) is 0.250. The van der Waals surface area contributed by atoms with Crippen molar-refractivity contribution < 1.29 is 9.13 Å². The van der Waals surface area contributed by atoms with Gasteiger partial charge in [-0.05, 0) is 54.8 Å². The van der Waals surface area contributed by atoms with Gasteiger partial charge in [0, 0.05) is 4.47 Å². The van der Waals surface area contributed by atoms with Gasteiger partial charge in [0.25, 0.3) is 0 Å². The molecule has 0 atom stereocenters. The highest BCUT2D eigenvalue weighted by molar-refractivity contribution is 9.10. The van der Waals surface area contributed by atoms with Crippen LogP contribution in [0.5, 0.6) is 5.75 Å². The number of benzene rings is 2. The van der Waals surface area contributed by atoms with Crippen molar-refractivity contribution >= 4 is 15.9 Å². The van der Waals surface area contributed by atoms with Crippen LogP contribution < -0.4 is 10.5 Å². The lowest BCUT2D eigenvalue weighted by molar-refractivity contribution is 0.300. The van der Waals surface area contributed by atoms with Gasteiger partial charge in [-0.1, -0.05) is 34.1 Å². The summed E-state index contributed by atoms with van der Waals surface area (Å²) in [6.07, 6.45) is 0.768. The van der Waals surface area contributed by atoms with Gasteiger partial charge in [-0.25, -0.2) is 4.39 Å². The molecule has 20 heavy (non-hydrogen) atoms. The summed E-state index contributed by atoms with van der Waals surface area (Å²) >= 11 is 3.28. The van der Waals surface area contributed by atoms with E-state index in [0.717, 1.165) is 28.9 Å². The highest BCUT2D eigenvalue weighted by Crippen LogP contribution is 2.25. The van der Waals surface area contributed by atoms with E-state index in [-0.39, 0.29) is 5.82 Å². The number of para-hydroxylation sites is 1. The molecule has 0 heterocycles. The molecule has 4 heteroatoms. The fourth-order valence-corrected chi connectivity index (χ4v) is 2.63. The summed E-state index contributed by atoms with van der Waals surface area (Å²) in [5.74, 6) is 0.572. The Labute approximate surface area is 126 Å². The minimum Gasteiger partial charge on any atom is -0.488 e. The zero-order valence-corrected chi connectivity index (χ0v) is 12.9. The van der Waals surface area contributed by atoms with E-state index in [9.17, 15) is 4.39 Å². The van der Waals surface area contributed by atoms with Gasteiger partial charge in [-0.3, -0.25) is 0 Å². The van der Waals surface area contributed by atoms with Crippen molar-refractivity contribution in [1.82, 2.24) is 0 Å². The molecule has 0 radical (unpaired) electrons. The van der Waals surface area contributed by atoms with Crippen molar-refractivity contribution in [3.05, 3.63) is 63.4 Å². The third-order valence-electron chi connectivity index (χ3n) is 3.01. The summed E-state index contributed by atoms with van der Waals surface area (Å²) in [5.41, 5.74) is 8.55. The predicted octanol–water partition coefficient (Wildman–Crippen LogP) is 3.98. The van der Waals surface area contributed by atoms with Crippen LogP contribution in [0.2, 0.25) is 0 Å². The van der Waals surface area contributed by atoms with Crippen molar-refractivity contribution in [3.63, 3.8) is 0 Å². The third kappa shape index (κ3) is 3.81. The zero-order chi connectivity index (χ0) is 14.5. The Kier molecular flexibility index (Phi) is 5.15. The van der Waals surface area contributed by atoms with Crippen molar-refractivity contribution in [1.29, 1.82) is 0 Å². The van der Waals surface area contributed by atoms with Gasteiger partial charge in [0.05, 0.1) is 0 Å². The van der Waals surface area contributed by atoms with Crippen LogP contribution in [0.1, 0.15) is 16.7 Å². The lowest BCUT2D eigenvalue weighted by atomic mass is 10.1. The Hall–Kier alpha value is -1.39. The maximum Gasteiger partial charge on any atom is 0.125 e. The maximum absolute atomic E-state index is 13.3. The largest absolute Gasteiger partial charge is 0.488 e. The van der Waals surface area contributed by atoms with Crippen molar-refractivity contribution in [2.24, 2.45) is 5.73 Å². The fourth-order valence-electron chi connectivity index (χ4n) is 2.12. The highest BCUT2D eigenvalue weighted by Gasteiger charge is 2.07.